The van der Waals surface area contributed by atoms with Gasteiger partial charge in [0.15, 0.2) is 0 Å². The fourth-order valence-electron chi connectivity index (χ4n) is 1.78. The number of anilines is 2. The van der Waals surface area contributed by atoms with Crippen LogP contribution >= 0.6 is 11.6 Å². The number of nitrogens with one attached hydrogen (secondary N) is 1. The molecular weight excluding hydrogens is 312 g/mol. The topological polar surface area (TPSA) is 81.4 Å². The molecular formula is C14H15ClN2O3S. The number of hydrogen-bond acceptors (Lipinski definition) is 4. The van der Waals surface area contributed by atoms with Crippen molar-refractivity contribution in [1.82, 2.24) is 0 Å². The third kappa shape index (κ3) is 3.87. The summed E-state index contributed by atoms with van der Waals surface area (Å²) in [5.41, 5.74) is 7.23. The summed E-state index contributed by atoms with van der Waals surface area (Å²) >= 11 is 5.86. The van der Waals surface area contributed by atoms with Crippen LogP contribution in [0.3, 0.4) is 0 Å². The summed E-state index contributed by atoms with van der Waals surface area (Å²) in [6.45, 7) is 0.406. The van der Waals surface area contributed by atoms with E-state index in [0.29, 0.717) is 18.0 Å². The molecule has 0 bridgehead atoms. The van der Waals surface area contributed by atoms with Gasteiger partial charge in [-0.25, -0.2) is 8.42 Å². The molecule has 0 unspecified atom stereocenters. The number of ether oxygens (including phenoxy) is 1. The Morgan fingerprint density at radius 1 is 1.24 bits per heavy atom. The summed E-state index contributed by atoms with van der Waals surface area (Å²) in [5, 5.41) is 0.200. The van der Waals surface area contributed by atoms with Gasteiger partial charge in [0, 0.05) is 12.8 Å². The highest BCUT2D eigenvalue weighted by Crippen LogP contribution is 2.24. The van der Waals surface area contributed by atoms with E-state index in [1.807, 2.05) is 6.07 Å². The van der Waals surface area contributed by atoms with Crippen LogP contribution in [0.5, 0.6) is 0 Å². The van der Waals surface area contributed by atoms with Crippen molar-refractivity contribution in [1.29, 1.82) is 0 Å². The third-order valence-electron chi connectivity index (χ3n) is 2.77. The first kappa shape index (κ1) is 15.6. The van der Waals surface area contributed by atoms with E-state index in [1.165, 1.54) is 18.2 Å². The maximum Gasteiger partial charge on any atom is 0.261 e. The van der Waals surface area contributed by atoms with E-state index < -0.39 is 10.0 Å². The largest absolute Gasteiger partial charge is 0.398 e. The van der Waals surface area contributed by atoms with E-state index in [4.69, 9.17) is 22.1 Å². The first-order chi connectivity index (χ1) is 9.92. The second-order valence-corrected chi connectivity index (χ2v) is 6.51. The molecule has 0 radical (unpaired) electrons. The van der Waals surface area contributed by atoms with Crippen molar-refractivity contribution >= 4 is 33.0 Å². The van der Waals surface area contributed by atoms with Gasteiger partial charge in [-0.2, -0.15) is 0 Å². The number of methoxy groups -OCH3 is 1. The lowest BCUT2D eigenvalue weighted by molar-refractivity contribution is 0.185. The van der Waals surface area contributed by atoms with Gasteiger partial charge in [-0.05, 0) is 35.9 Å². The van der Waals surface area contributed by atoms with Crippen molar-refractivity contribution in [2.24, 2.45) is 0 Å². The zero-order chi connectivity index (χ0) is 15.5. The lowest BCUT2D eigenvalue weighted by Crippen LogP contribution is -2.13. The molecule has 21 heavy (non-hydrogen) atoms. The number of halogens is 1. The predicted molar refractivity (Wildman–Crippen MR) is 83.8 cm³/mol. The molecule has 3 N–H and O–H groups in total. The molecule has 0 saturated heterocycles. The Bertz CT molecular complexity index is 748. The molecule has 0 saturated carbocycles. The molecule has 2 aromatic carbocycles. The molecule has 2 rings (SSSR count). The Kier molecular flexibility index (Phi) is 4.72. The van der Waals surface area contributed by atoms with E-state index >= 15 is 0 Å². The van der Waals surface area contributed by atoms with Gasteiger partial charge in [0.05, 0.1) is 22.2 Å². The fraction of sp³-hybridized carbons (Fsp3) is 0.143. The van der Waals surface area contributed by atoms with Crippen LogP contribution in [0.1, 0.15) is 5.56 Å². The molecule has 0 aliphatic carbocycles. The minimum absolute atomic E-state index is 0.0545. The Balaban J connectivity index is 2.28. The van der Waals surface area contributed by atoms with E-state index in [-0.39, 0.29) is 9.92 Å². The minimum Gasteiger partial charge on any atom is -0.398 e. The molecule has 0 aliphatic rings. The number of sulfonamides is 1. The molecule has 7 heteroatoms. The highest BCUT2D eigenvalue weighted by molar-refractivity contribution is 7.92. The fourth-order valence-corrected chi connectivity index (χ4v) is 3.10. The Morgan fingerprint density at radius 3 is 2.67 bits per heavy atom. The number of nitrogen functional groups attached to an aromatic ring is 1. The summed E-state index contributed by atoms with van der Waals surface area (Å²) < 4.78 is 32.1. The van der Waals surface area contributed by atoms with Gasteiger partial charge in [-0.1, -0.05) is 23.7 Å². The van der Waals surface area contributed by atoms with Crippen LogP contribution in [0, 0.1) is 0 Å². The first-order valence-electron chi connectivity index (χ1n) is 6.08. The molecule has 5 nitrogen and oxygen atoms in total. The standard InChI is InChI=1S/C14H15ClN2O3S/c1-20-9-10-3-2-4-11(7-10)17-21(18,19)12-5-6-14(16)13(15)8-12/h2-8,17H,9,16H2,1H3. The van der Waals surface area contributed by atoms with Gasteiger partial charge >= 0.3 is 0 Å². The van der Waals surface area contributed by atoms with Crippen LogP contribution < -0.4 is 10.5 Å². The van der Waals surface area contributed by atoms with Crippen molar-refractivity contribution in [2.75, 3.05) is 17.6 Å². The van der Waals surface area contributed by atoms with Gasteiger partial charge in [0.25, 0.3) is 10.0 Å². The summed E-state index contributed by atoms with van der Waals surface area (Å²) in [7, 11) is -2.14. The van der Waals surface area contributed by atoms with Gasteiger partial charge < -0.3 is 10.5 Å². The maximum atomic E-state index is 12.3. The normalized spacial score (nSPS) is 11.3. The summed E-state index contributed by atoms with van der Waals surface area (Å²) in [4.78, 5) is 0.0545. The second-order valence-electron chi connectivity index (χ2n) is 4.42. The lowest BCUT2D eigenvalue weighted by atomic mass is 10.2. The predicted octanol–water partition coefficient (Wildman–Crippen LogP) is 2.87. The molecule has 0 aromatic heterocycles. The summed E-state index contributed by atoms with van der Waals surface area (Å²) in [6.07, 6.45) is 0. The quantitative estimate of drug-likeness (QED) is 0.828. The number of hydrogen-bond donors (Lipinski definition) is 2. The highest BCUT2D eigenvalue weighted by atomic mass is 35.5. The van der Waals surface area contributed by atoms with Crippen LogP contribution in [-0.4, -0.2) is 15.5 Å². The van der Waals surface area contributed by atoms with Crippen molar-refractivity contribution in [3.8, 4) is 0 Å². The van der Waals surface area contributed by atoms with E-state index in [2.05, 4.69) is 4.72 Å². The van der Waals surface area contributed by atoms with E-state index in [0.717, 1.165) is 5.56 Å². The molecule has 0 aliphatic heterocycles. The van der Waals surface area contributed by atoms with Gasteiger partial charge in [-0.15, -0.1) is 0 Å². The number of nitrogens with two attached hydrogens (primary N) is 1. The van der Waals surface area contributed by atoms with Crippen molar-refractivity contribution in [3.05, 3.63) is 53.1 Å². The molecule has 0 atom stereocenters. The molecule has 0 heterocycles. The average Bonchev–Trinajstić information content (AvgIpc) is 2.42. The van der Waals surface area contributed by atoms with Crippen LogP contribution in [0.2, 0.25) is 5.02 Å². The van der Waals surface area contributed by atoms with Crippen LogP contribution in [0.15, 0.2) is 47.4 Å². The minimum atomic E-state index is -3.72. The summed E-state index contributed by atoms with van der Waals surface area (Å²) in [5.74, 6) is 0. The molecule has 112 valence electrons. The van der Waals surface area contributed by atoms with Gasteiger partial charge in [0.2, 0.25) is 0 Å². The lowest BCUT2D eigenvalue weighted by Gasteiger charge is -2.10. The van der Waals surface area contributed by atoms with Crippen molar-refractivity contribution in [2.45, 2.75) is 11.5 Å². The van der Waals surface area contributed by atoms with Crippen LogP contribution in [0.4, 0.5) is 11.4 Å². The molecule has 2 aromatic rings. The van der Waals surface area contributed by atoms with Crippen molar-refractivity contribution < 1.29 is 13.2 Å². The highest BCUT2D eigenvalue weighted by Gasteiger charge is 2.15. The van der Waals surface area contributed by atoms with Crippen molar-refractivity contribution in [3.63, 3.8) is 0 Å². The zero-order valence-corrected chi connectivity index (χ0v) is 12.9. The Hall–Kier alpha value is -1.76. The number of benzene rings is 2. The van der Waals surface area contributed by atoms with E-state index in [1.54, 1.807) is 25.3 Å². The van der Waals surface area contributed by atoms with Crippen LogP contribution in [0.25, 0.3) is 0 Å². The third-order valence-corrected chi connectivity index (χ3v) is 4.48. The smallest absolute Gasteiger partial charge is 0.261 e. The molecule has 0 spiro atoms. The Morgan fingerprint density at radius 2 is 2.00 bits per heavy atom. The monoisotopic (exact) mass is 326 g/mol. The van der Waals surface area contributed by atoms with Crippen LogP contribution in [-0.2, 0) is 21.4 Å². The molecule has 0 fully saturated rings. The number of rotatable bonds is 5. The Labute approximate surface area is 128 Å². The molecule has 0 amide bonds. The van der Waals surface area contributed by atoms with Gasteiger partial charge in [-0.3, -0.25) is 4.72 Å². The summed E-state index contributed by atoms with van der Waals surface area (Å²) in [6, 6.07) is 11.2. The SMILES string of the molecule is COCc1cccc(NS(=O)(=O)c2ccc(N)c(Cl)c2)c1. The zero-order valence-electron chi connectivity index (χ0n) is 11.3. The first-order valence-corrected chi connectivity index (χ1v) is 7.94. The maximum absolute atomic E-state index is 12.3. The average molecular weight is 327 g/mol. The van der Waals surface area contributed by atoms with E-state index in [9.17, 15) is 8.42 Å². The second kappa shape index (κ2) is 6.34. The van der Waals surface area contributed by atoms with Gasteiger partial charge in [0.1, 0.15) is 0 Å².